The standard InChI is InChI=1S/C6H9N3O3/c10-5(6(11)12)1-2-9-4-7-3-8-9/h3-5,10H,1-2H2,(H,11,12). The van der Waals surface area contributed by atoms with Crippen molar-refractivity contribution >= 4 is 5.97 Å². The average molecular weight is 171 g/mol. The van der Waals surface area contributed by atoms with Crippen LogP contribution >= 0.6 is 0 Å². The van der Waals surface area contributed by atoms with Gasteiger partial charge in [-0.25, -0.2) is 9.78 Å². The van der Waals surface area contributed by atoms with Crippen LogP contribution in [0.4, 0.5) is 0 Å². The number of hydrogen-bond donors (Lipinski definition) is 2. The summed E-state index contributed by atoms with van der Waals surface area (Å²) in [5.41, 5.74) is 0. The van der Waals surface area contributed by atoms with Crippen LogP contribution in [0.3, 0.4) is 0 Å². The van der Waals surface area contributed by atoms with Crippen LogP contribution in [0.2, 0.25) is 0 Å². The molecule has 1 unspecified atom stereocenters. The molecule has 0 spiro atoms. The smallest absolute Gasteiger partial charge is 0.332 e. The van der Waals surface area contributed by atoms with Crippen LogP contribution in [0, 0.1) is 0 Å². The number of aliphatic hydroxyl groups is 1. The number of carboxylic acid groups (broad SMARTS) is 1. The molecule has 1 atom stereocenters. The topological polar surface area (TPSA) is 88.2 Å². The molecule has 0 bridgehead atoms. The lowest BCUT2D eigenvalue weighted by atomic mass is 10.2. The number of hydrogen-bond acceptors (Lipinski definition) is 4. The normalized spacial score (nSPS) is 12.8. The minimum Gasteiger partial charge on any atom is -0.479 e. The first-order chi connectivity index (χ1) is 5.70. The van der Waals surface area contributed by atoms with Gasteiger partial charge < -0.3 is 10.2 Å². The van der Waals surface area contributed by atoms with Crippen LogP contribution in [-0.2, 0) is 11.3 Å². The van der Waals surface area contributed by atoms with Crippen molar-refractivity contribution in [2.45, 2.75) is 19.1 Å². The van der Waals surface area contributed by atoms with Crippen LogP contribution in [-0.4, -0.2) is 37.1 Å². The Morgan fingerprint density at radius 1 is 1.67 bits per heavy atom. The second kappa shape index (κ2) is 3.82. The van der Waals surface area contributed by atoms with Crippen molar-refractivity contribution in [1.82, 2.24) is 14.8 Å². The molecule has 1 heterocycles. The summed E-state index contributed by atoms with van der Waals surface area (Å²) >= 11 is 0. The second-order valence-corrected chi connectivity index (χ2v) is 2.30. The van der Waals surface area contributed by atoms with Crippen LogP contribution in [0.1, 0.15) is 6.42 Å². The van der Waals surface area contributed by atoms with E-state index in [1.54, 1.807) is 0 Å². The zero-order chi connectivity index (χ0) is 8.97. The Labute approximate surface area is 68.5 Å². The number of carboxylic acids is 1. The molecule has 0 saturated heterocycles. The van der Waals surface area contributed by atoms with Gasteiger partial charge in [-0.3, -0.25) is 4.68 Å². The molecule has 12 heavy (non-hydrogen) atoms. The molecular weight excluding hydrogens is 162 g/mol. The summed E-state index contributed by atoms with van der Waals surface area (Å²) in [5, 5.41) is 20.9. The fraction of sp³-hybridized carbons (Fsp3) is 0.500. The Morgan fingerprint density at radius 2 is 2.42 bits per heavy atom. The molecule has 0 fully saturated rings. The van der Waals surface area contributed by atoms with Gasteiger partial charge in [0.05, 0.1) is 0 Å². The maximum Gasteiger partial charge on any atom is 0.332 e. The third kappa shape index (κ3) is 2.31. The molecule has 1 aromatic rings. The highest BCUT2D eigenvalue weighted by molar-refractivity contribution is 5.71. The van der Waals surface area contributed by atoms with E-state index in [0.29, 0.717) is 6.54 Å². The van der Waals surface area contributed by atoms with E-state index < -0.39 is 12.1 Å². The zero-order valence-corrected chi connectivity index (χ0v) is 6.29. The fourth-order valence-electron chi connectivity index (χ4n) is 0.726. The number of rotatable bonds is 4. The van der Waals surface area contributed by atoms with Crippen LogP contribution in [0.25, 0.3) is 0 Å². The van der Waals surface area contributed by atoms with Crippen molar-refractivity contribution in [3.8, 4) is 0 Å². The second-order valence-electron chi connectivity index (χ2n) is 2.30. The van der Waals surface area contributed by atoms with Gasteiger partial charge in [-0.1, -0.05) is 0 Å². The molecule has 0 aromatic carbocycles. The summed E-state index contributed by atoms with van der Waals surface area (Å²) in [6, 6.07) is 0. The highest BCUT2D eigenvalue weighted by Crippen LogP contribution is 1.94. The Balaban J connectivity index is 2.31. The number of aromatic nitrogens is 3. The van der Waals surface area contributed by atoms with Crippen LogP contribution < -0.4 is 0 Å². The summed E-state index contributed by atoms with van der Waals surface area (Å²) in [4.78, 5) is 13.8. The minimum absolute atomic E-state index is 0.138. The molecule has 0 aliphatic rings. The Kier molecular flexibility index (Phi) is 2.76. The van der Waals surface area contributed by atoms with E-state index in [0.717, 1.165) is 0 Å². The van der Waals surface area contributed by atoms with E-state index in [-0.39, 0.29) is 6.42 Å². The van der Waals surface area contributed by atoms with Gasteiger partial charge in [0.15, 0.2) is 6.10 Å². The first kappa shape index (κ1) is 8.66. The summed E-state index contributed by atoms with van der Waals surface area (Å²) in [7, 11) is 0. The average Bonchev–Trinajstić information content (AvgIpc) is 2.51. The predicted molar refractivity (Wildman–Crippen MR) is 38.3 cm³/mol. The molecule has 0 amide bonds. The summed E-state index contributed by atoms with van der Waals surface area (Å²) in [5.74, 6) is -1.21. The number of aliphatic carboxylic acids is 1. The minimum atomic E-state index is -1.32. The van der Waals surface area contributed by atoms with E-state index in [9.17, 15) is 4.79 Å². The molecule has 1 aromatic heterocycles. The molecule has 6 nitrogen and oxygen atoms in total. The van der Waals surface area contributed by atoms with Gasteiger partial charge in [-0.05, 0) is 0 Å². The lowest BCUT2D eigenvalue weighted by molar-refractivity contribution is -0.147. The number of aryl methyl sites for hydroxylation is 1. The quantitative estimate of drug-likeness (QED) is 0.613. The van der Waals surface area contributed by atoms with Gasteiger partial charge in [-0.15, -0.1) is 0 Å². The highest BCUT2D eigenvalue weighted by atomic mass is 16.4. The van der Waals surface area contributed by atoms with Crippen molar-refractivity contribution in [1.29, 1.82) is 0 Å². The van der Waals surface area contributed by atoms with Gasteiger partial charge in [0, 0.05) is 13.0 Å². The lowest BCUT2D eigenvalue weighted by Gasteiger charge is -2.03. The number of aliphatic hydroxyl groups excluding tert-OH is 1. The van der Waals surface area contributed by atoms with Crippen LogP contribution in [0.5, 0.6) is 0 Å². The van der Waals surface area contributed by atoms with Crippen molar-refractivity contribution in [3.63, 3.8) is 0 Å². The van der Waals surface area contributed by atoms with E-state index in [2.05, 4.69) is 10.1 Å². The van der Waals surface area contributed by atoms with Gasteiger partial charge in [0.25, 0.3) is 0 Å². The number of nitrogens with zero attached hydrogens (tertiary/aromatic N) is 3. The predicted octanol–water partition coefficient (Wildman–Crippen LogP) is -0.886. The van der Waals surface area contributed by atoms with Crippen molar-refractivity contribution in [3.05, 3.63) is 12.7 Å². The van der Waals surface area contributed by atoms with E-state index in [4.69, 9.17) is 10.2 Å². The van der Waals surface area contributed by atoms with Crippen molar-refractivity contribution in [2.75, 3.05) is 0 Å². The van der Waals surface area contributed by atoms with E-state index in [1.165, 1.54) is 17.3 Å². The van der Waals surface area contributed by atoms with E-state index >= 15 is 0 Å². The number of carbonyl (C=O) groups is 1. The maximum atomic E-state index is 10.2. The Bertz CT molecular complexity index is 247. The van der Waals surface area contributed by atoms with Crippen molar-refractivity contribution < 1.29 is 15.0 Å². The van der Waals surface area contributed by atoms with E-state index in [1.807, 2.05) is 0 Å². The summed E-state index contributed by atoms with van der Waals surface area (Å²) in [6.07, 6.45) is 1.63. The fourth-order valence-corrected chi connectivity index (χ4v) is 0.726. The molecule has 66 valence electrons. The molecular formula is C6H9N3O3. The van der Waals surface area contributed by atoms with Gasteiger partial charge in [-0.2, -0.15) is 5.10 Å². The van der Waals surface area contributed by atoms with Crippen LogP contribution in [0.15, 0.2) is 12.7 Å². The summed E-state index contributed by atoms with van der Waals surface area (Å²) in [6.45, 7) is 0.355. The Morgan fingerprint density at radius 3 is 2.92 bits per heavy atom. The maximum absolute atomic E-state index is 10.2. The largest absolute Gasteiger partial charge is 0.479 e. The highest BCUT2D eigenvalue weighted by Gasteiger charge is 2.12. The molecule has 2 N–H and O–H groups in total. The molecule has 1 rings (SSSR count). The molecule has 6 heteroatoms. The summed E-state index contributed by atoms with van der Waals surface area (Å²) < 4.78 is 1.46. The third-order valence-electron chi connectivity index (χ3n) is 1.38. The van der Waals surface area contributed by atoms with Gasteiger partial charge >= 0.3 is 5.97 Å². The van der Waals surface area contributed by atoms with Crippen molar-refractivity contribution in [2.24, 2.45) is 0 Å². The third-order valence-corrected chi connectivity index (χ3v) is 1.38. The molecule has 0 aliphatic heterocycles. The zero-order valence-electron chi connectivity index (χ0n) is 6.29. The molecule has 0 radical (unpaired) electrons. The first-order valence-electron chi connectivity index (χ1n) is 3.43. The monoisotopic (exact) mass is 171 g/mol. The van der Waals surface area contributed by atoms with Gasteiger partial charge in [0.2, 0.25) is 0 Å². The first-order valence-corrected chi connectivity index (χ1v) is 3.43. The SMILES string of the molecule is O=C(O)C(O)CCn1cncn1. The molecule has 0 saturated carbocycles. The molecule has 0 aliphatic carbocycles. The Hall–Kier alpha value is -1.43. The lowest BCUT2D eigenvalue weighted by Crippen LogP contribution is -2.21. The van der Waals surface area contributed by atoms with Gasteiger partial charge in [0.1, 0.15) is 12.7 Å².